The Balaban J connectivity index is 2.37. The van der Waals surface area contributed by atoms with Crippen molar-refractivity contribution in [3.63, 3.8) is 0 Å². The average Bonchev–Trinajstić information content (AvgIpc) is 2.37. The highest BCUT2D eigenvalue weighted by Gasteiger charge is 2.13. The van der Waals surface area contributed by atoms with E-state index in [1.807, 2.05) is 42.5 Å². The van der Waals surface area contributed by atoms with Crippen molar-refractivity contribution in [1.82, 2.24) is 0 Å². The second kappa shape index (κ2) is 5.87. The van der Waals surface area contributed by atoms with Gasteiger partial charge in [0, 0.05) is 8.95 Å². The summed E-state index contributed by atoms with van der Waals surface area (Å²) in [7, 11) is 1.65. The first kappa shape index (κ1) is 13.6. The minimum Gasteiger partial charge on any atom is -0.497 e. The molecule has 0 saturated heterocycles. The van der Waals surface area contributed by atoms with Gasteiger partial charge in [0.05, 0.1) is 13.2 Å². The molecule has 0 amide bonds. The zero-order valence-corrected chi connectivity index (χ0v) is 13.0. The molecular formula is C14H13Br2NO. The Morgan fingerprint density at radius 3 is 2.50 bits per heavy atom. The fourth-order valence-corrected chi connectivity index (χ4v) is 2.79. The fraction of sp³-hybridized carbons (Fsp3) is 0.143. The van der Waals surface area contributed by atoms with Crippen LogP contribution in [0.3, 0.4) is 0 Å². The minimum absolute atomic E-state index is 0.164. The lowest BCUT2D eigenvalue weighted by molar-refractivity contribution is 0.414. The quantitative estimate of drug-likeness (QED) is 0.875. The predicted molar refractivity (Wildman–Crippen MR) is 80.9 cm³/mol. The predicted octanol–water partition coefficient (Wildman–Crippen LogP) is 4.27. The van der Waals surface area contributed by atoms with Crippen molar-refractivity contribution in [2.24, 2.45) is 5.73 Å². The highest BCUT2D eigenvalue weighted by Crippen LogP contribution is 2.30. The van der Waals surface area contributed by atoms with Crippen LogP contribution in [-0.4, -0.2) is 7.11 Å². The van der Waals surface area contributed by atoms with Gasteiger partial charge in [0.15, 0.2) is 0 Å². The molecule has 0 radical (unpaired) electrons. The molecule has 2 rings (SSSR count). The fourth-order valence-electron chi connectivity index (χ4n) is 1.77. The summed E-state index contributed by atoms with van der Waals surface area (Å²) >= 11 is 6.99. The van der Waals surface area contributed by atoms with Crippen LogP contribution >= 0.6 is 31.9 Å². The SMILES string of the molecule is COc1ccc(C(N)c2cccc(Br)c2)c(Br)c1. The van der Waals surface area contributed by atoms with Gasteiger partial charge in [-0.2, -0.15) is 0 Å². The van der Waals surface area contributed by atoms with Crippen LogP contribution in [0.5, 0.6) is 5.75 Å². The molecule has 0 aliphatic heterocycles. The molecule has 1 unspecified atom stereocenters. The lowest BCUT2D eigenvalue weighted by atomic mass is 10.00. The van der Waals surface area contributed by atoms with Crippen molar-refractivity contribution in [2.45, 2.75) is 6.04 Å². The van der Waals surface area contributed by atoms with E-state index in [2.05, 4.69) is 31.9 Å². The number of benzene rings is 2. The van der Waals surface area contributed by atoms with Gasteiger partial charge in [-0.05, 0) is 35.4 Å². The third-order valence-corrected chi connectivity index (χ3v) is 3.93. The maximum Gasteiger partial charge on any atom is 0.120 e. The molecule has 18 heavy (non-hydrogen) atoms. The Labute approximate surface area is 123 Å². The number of hydrogen-bond donors (Lipinski definition) is 1. The first-order chi connectivity index (χ1) is 8.61. The van der Waals surface area contributed by atoms with Crippen LogP contribution in [0.15, 0.2) is 51.4 Å². The van der Waals surface area contributed by atoms with Crippen LogP contribution in [0.2, 0.25) is 0 Å². The number of nitrogens with two attached hydrogens (primary N) is 1. The van der Waals surface area contributed by atoms with Crippen molar-refractivity contribution in [1.29, 1.82) is 0 Å². The Morgan fingerprint density at radius 2 is 1.89 bits per heavy atom. The Bertz CT molecular complexity index is 557. The van der Waals surface area contributed by atoms with Gasteiger partial charge in [-0.25, -0.2) is 0 Å². The second-order valence-electron chi connectivity index (χ2n) is 3.92. The zero-order chi connectivity index (χ0) is 13.1. The van der Waals surface area contributed by atoms with Gasteiger partial charge in [0.2, 0.25) is 0 Å². The summed E-state index contributed by atoms with van der Waals surface area (Å²) in [5.41, 5.74) is 8.39. The molecule has 94 valence electrons. The first-order valence-electron chi connectivity index (χ1n) is 5.46. The standard InChI is InChI=1S/C14H13Br2NO/c1-18-11-5-6-12(13(16)8-11)14(17)9-3-2-4-10(15)7-9/h2-8,14H,17H2,1H3. The maximum absolute atomic E-state index is 6.29. The van der Waals surface area contributed by atoms with E-state index >= 15 is 0 Å². The van der Waals surface area contributed by atoms with Crippen molar-refractivity contribution in [3.05, 3.63) is 62.5 Å². The van der Waals surface area contributed by atoms with E-state index in [0.717, 1.165) is 25.8 Å². The summed E-state index contributed by atoms with van der Waals surface area (Å²) in [5, 5.41) is 0. The highest BCUT2D eigenvalue weighted by molar-refractivity contribution is 9.10. The van der Waals surface area contributed by atoms with Crippen molar-refractivity contribution in [2.75, 3.05) is 7.11 Å². The Morgan fingerprint density at radius 1 is 1.11 bits per heavy atom. The van der Waals surface area contributed by atoms with E-state index in [1.54, 1.807) is 7.11 Å². The molecule has 2 N–H and O–H groups in total. The van der Waals surface area contributed by atoms with Gasteiger partial charge < -0.3 is 10.5 Å². The van der Waals surface area contributed by atoms with Crippen LogP contribution in [0.4, 0.5) is 0 Å². The minimum atomic E-state index is -0.164. The summed E-state index contributed by atoms with van der Waals surface area (Å²) in [5.74, 6) is 0.812. The molecular weight excluding hydrogens is 358 g/mol. The molecule has 1 atom stereocenters. The molecule has 0 saturated carbocycles. The van der Waals surface area contributed by atoms with E-state index < -0.39 is 0 Å². The lowest BCUT2D eigenvalue weighted by Gasteiger charge is -2.15. The number of rotatable bonds is 3. The largest absolute Gasteiger partial charge is 0.497 e. The van der Waals surface area contributed by atoms with Gasteiger partial charge in [0.1, 0.15) is 5.75 Å². The summed E-state index contributed by atoms with van der Waals surface area (Å²) in [6.07, 6.45) is 0. The zero-order valence-electron chi connectivity index (χ0n) is 9.86. The third kappa shape index (κ3) is 2.94. The van der Waals surface area contributed by atoms with Crippen LogP contribution in [0.25, 0.3) is 0 Å². The molecule has 4 heteroatoms. The monoisotopic (exact) mass is 369 g/mol. The normalized spacial score (nSPS) is 12.2. The van der Waals surface area contributed by atoms with Crippen LogP contribution in [-0.2, 0) is 0 Å². The van der Waals surface area contributed by atoms with Crippen molar-refractivity contribution in [3.8, 4) is 5.75 Å². The van der Waals surface area contributed by atoms with Gasteiger partial charge in [-0.1, -0.05) is 50.1 Å². The van der Waals surface area contributed by atoms with Gasteiger partial charge in [-0.3, -0.25) is 0 Å². The van der Waals surface area contributed by atoms with Gasteiger partial charge in [-0.15, -0.1) is 0 Å². The van der Waals surface area contributed by atoms with Gasteiger partial charge >= 0.3 is 0 Å². The molecule has 0 heterocycles. The van der Waals surface area contributed by atoms with Gasteiger partial charge in [0.25, 0.3) is 0 Å². The van der Waals surface area contributed by atoms with Crippen LogP contribution in [0, 0.1) is 0 Å². The average molecular weight is 371 g/mol. The van der Waals surface area contributed by atoms with E-state index in [9.17, 15) is 0 Å². The molecule has 0 aromatic heterocycles. The van der Waals surface area contributed by atoms with E-state index in [1.165, 1.54) is 0 Å². The summed E-state index contributed by atoms with van der Waals surface area (Å²) in [6, 6.07) is 13.7. The number of halogens is 2. The van der Waals surface area contributed by atoms with Crippen molar-refractivity contribution >= 4 is 31.9 Å². The number of methoxy groups -OCH3 is 1. The lowest BCUT2D eigenvalue weighted by Crippen LogP contribution is -2.12. The maximum atomic E-state index is 6.29. The van der Waals surface area contributed by atoms with Crippen LogP contribution in [0.1, 0.15) is 17.2 Å². The smallest absolute Gasteiger partial charge is 0.120 e. The summed E-state index contributed by atoms with van der Waals surface area (Å²) in [6.45, 7) is 0. The molecule has 0 spiro atoms. The summed E-state index contributed by atoms with van der Waals surface area (Å²) < 4.78 is 7.16. The highest BCUT2D eigenvalue weighted by atomic mass is 79.9. The third-order valence-electron chi connectivity index (χ3n) is 2.75. The molecule has 2 aromatic rings. The summed E-state index contributed by atoms with van der Waals surface area (Å²) in [4.78, 5) is 0. The molecule has 2 aromatic carbocycles. The first-order valence-corrected chi connectivity index (χ1v) is 7.05. The van der Waals surface area contributed by atoms with E-state index in [-0.39, 0.29) is 6.04 Å². The molecule has 2 nitrogen and oxygen atoms in total. The van der Waals surface area contributed by atoms with Crippen LogP contribution < -0.4 is 10.5 Å². The number of hydrogen-bond acceptors (Lipinski definition) is 2. The van der Waals surface area contributed by atoms with Crippen molar-refractivity contribution < 1.29 is 4.74 Å². The Hall–Kier alpha value is -0.840. The Kier molecular flexibility index (Phi) is 4.43. The second-order valence-corrected chi connectivity index (χ2v) is 5.69. The topological polar surface area (TPSA) is 35.2 Å². The number of ether oxygens (including phenoxy) is 1. The molecule has 0 aliphatic rings. The van der Waals surface area contributed by atoms with E-state index in [0.29, 0.717) is 0 Å². The van der Waals surface area contributed by atoms with E-state index in [4.69, 9.17) is 10.5 Å². The molecule has 0 fully saturated rings. The molecule has 0 bridgehead atoms. The molecule has 0 aliphatic carbocycles.